The number of carbonyl (C=O) groups excluding carboxylic acids is 1. The van der Waals surface area contributed by atoms with Crippen LogP contribution in [0.25, 0.3) is 0 Å². The summed E-state index contributed by atoms with van der Waals surface area (Å²) in [4.78, 5) is 22.6. The molecule has 2 rings (SSSR count). The van der Waals surface area contributed by atoms with Crippen molar-refractivity contribution in [3.63, 3.8) is 0 Å². The van der Waals surface area contributed by atoms with Crippen LogP contribution < -0.4 is 11.1 Å². The highest BCUT2D eigenvalue weighted by Gasteiger charge is 2.43. The number of carboxylic acids is 1. The summed E-state index contributed by atoms with van der Waals surface area (Å²) in [5, 5.41) is 11.7. The second-order valence-corrected chi connectivity index (χ2v) is 5.62. The van der Waals surface area contributed by atoms with Crippen molar-refractivity contribution in [2.45, 2.75) is 50.5 Å². The summed E-state index contributed by atoms with van der Waals surface area (Å²) in [6, 6.07) is 0. The van der Waals surface area contributed by atoms with Gasteiger partial charge >= 0.3 is 5.97 Å². The minimum Gasteiger partial charge on any atom is -0.481 e. The number of amides is 1. The first-order valence-electron chi connectivity index (χ1n) is 6.25. The molecular formula is C12H20N2O3. The predicted molar refractivity (Wildman–Crippen MR) is 62.3 cm³/mol. The van der Waals surface area contributed by atoms with Gasteiger partial charge in [-0.05, 0) is 37.5 Å². The average molecular weight is 240 g/mol. The van der Waals surface area contributed by atoms with Crippen LogP contribution in [0.15, 0.2) is 0 Å². The van der Waals surface area contributed by atoms with E-state index in [2.05, 4.69) is 5.32 Å². The molecule has 2 aliphatic carbocycles. The van der Waals surface area contributed by atoms with Crippen LogP contribution in [0.2, 0.25) is 0 Å². The lowest BCUT2D eigenvalue weighted by molar-refractivity contribution is -0.142. The summed E-state index contributed by atoms with van der Waals surface area (Å²) in [5.41, 5.74) is 5.00. The van der Waals surface area contributed by atoms with Gasteiger partial charge in [0, 0.05) is 6.54 Å². The third kappa shape index (κ3) is 2.44. The van der Waals surface area contributed by atoms with Crippen molar-refractivity contribution in [2.75, 3.05) is 6.54 Å². The minimum absolute atomic E-state index is 0.111. The molecule has 0 spiro atoms. The third-order valence-corrected chi connectivity index (χ3v) is 4.26. The summed E-state index contributed by atoms with van der Waals surface area (Å²) in [7, 11) is 0. The van der Waals surface area contributed by atoms with E-state index in [9.17, 15) is 9.59 Å². The Hall–Kier alpha value is -1.10. The molecule has 17 heavy (non-hydrogen) atoms. The molecule has 0 heterocycles. The molecule has 2 saturated carbocycles. The molecule has 0 atom stereocenters. The Bertz CT molecular complexity index is 333. The molecular weight excluding hydrogens is 220 g/mol. The fourth-order valence-corrected chi connectivity index (χ4v) is 2.64. The van der Waals surface area contributed by atoms with Crippen LogP contribution in [0, 0.1) is 5.41 Å². The van der Waals surface area contributed by atoms with E-state index in [0.29, 0.717) is 6.54 Å². The molecule has 5 heteroatoms. The Balaban J connectivity index is 1.84. The summed E-state index contributed by atoms with van der Waals surface area (Å²) in [5.74, 6) is -0.898. The number of nitrogens with two attached hydrogens (primary N) is 1. The Morgan fingerprint density at radius 1 is 1.18 bits per heavy atom. The first-order valence-corrected chi connectivity index (χ1v) is 6.25. The molecule has 5 nitrogen and oxygen atoms in total. The van der Waals surface area contributed by atoms with Gasteiger partial charge in [-0.2, -0.15) is 0 Å². The van der Waals surface area contributed by atoms with Gasteiger partial charge in [-0.3, -0.25) is 9.59 Å². The van der Waals surface area contributed by atoms with Gasteiger partial charge in [-0.15, -0.1) is 0 Å². The zero-order valence-corrected chi connectivity index (χ0v) is 10.00. The number of hydrogen-bond donors (Lipinski definition) is 3. The van der Waals surface area contributed by atoms with E-state index in [-0.39, 0.29) is 17.7 Å². The van der Waals surface area contributed by atoms with Gasteiger partial charge in [0.1, 0.15) is 0 Å². The molecule has 0 aromatic rings. The molecule has 0 saturated heterocycles. The summed E-state index contributed by atoms with van der Waals surface area (Å²) in [6.45, 7) is 0.455. The molecule has 0 unspecified atom stereocenters. The molecule has 96 valence electrons. The number of nitrogens with one attached hydrogen (secondary N) is 1. The van der Waals surface area contributed by atoms with Crippen LogP contribution in [-0.2, 0) is 9.59 Å². The van der Waals surface area contributed by atoms with Crippen LogP contribution in [0.3, 0.4) is 0 Å². The van der Waals surface area contributed by atoms with Crippen LogP contribution in [0.4, 0.5) is 0 Å². The summed E-state index contributed by atoms with van der Waals surface area (Å²) >= 11 is 0. The summed E-state index contributed by atoms with van der Waals surface area (Å²) < 4.78 is 0. The van der Waals surface area contributed by atoms with Crippen molar-refractivity contribution < 1.29 is 14.7 Å². The lowest BCUT2D eigenvalue weighted by Gasteiger charge is -2.43. The first-order chi connectivity index (χ1) is 7.96. The lowest BCUT2D eigenvalue weighted by Crippen LogP contribution is -2.60. The Kier molecular flexibility index (Phi) is 3.12. The van der Waals surface area contributed by atoms with E-state index in [1.807, 2.05) is 0 Å². The maximum atomic E-state index is 11.8. The van der Waals surface area contributed by atoms with E-state index >= 15 is 0 Å². The molecule has 0 aromatic carbocycles. The van der Waals surface area contributed by atoms with E-state index in [0.717, 1.165) is 38.5 Å². The smallest absolute Gasteiger partial charge is 0.303 e. The molecule has 0 aliphatic heterocycles. The van der Waals surface area contributed by atoms with Crippen LogP contribution in [-0.4, -0.2) is 29.1 Å². The lowest BCUT2D eigenvalue weighted by atomic mass is 9.66. The summed E-state index contributed by atoms with van der Waals surface area (Å²) in [6.07, 6.45) is 5.45. The van der Waals surface area contributed by atoms with Crippen molar-refractivity contribution in [3.05, 3.63) is 0 Å². The van der Waals surface area contributed by atoms with Gasteiger partial charge in [0.05, 0.1) is 12.0 Å². The second kappa shape index (κ2) is 4.29. The Morgan fingerprint density at radius 3 is 2.12 bits per heavy atom. The average Bonchev–Trinajstić information content (AvgIpc) is 2.17. The fourth-order valence-electron chi connectivity index (χ4n) is 2.64. The van der Waals surface area contributed by atoms with Crippen molar-refractivity contribution >= 4 is 11.9 Å². The van der Waals surface area contributed by atoms with E-state index in [1.54, 1.807) is 0 Å². The van der Waals surface area contributed by atoms with Crippen molar-refractivity contribution in [1.82, 2.24) is 5.32 Å². The van der Waals surface area contributed by atoms with Crippen LogP contribution in [0.5, 0.6) is 0 Å². The van der Waals surface area contributed by atoms with E-state index in [1.165, 1.54) is 0 Å². The Labute approximate surface area is 101 Å². The van der Waals surface area contributed by atoms with Gasteiger partial charge in [-0.25, -0.2) is 0 Å². The highest BCUT2D eigenvalue weighted by molar-refractivity contribution is 5.87. The highest BCUT2D eigenvalue weighted by atomic mass is 16.4. The van der Waals surface area contributed by atoms with E-state index < -0.39 is 11.5 Å². The van der Waals surface area contributed by atoms with Gasteiger partial charge in [0.15, 0.2) is 0 Å². The maximum absolute atomic E-state index is 11.8. The zero-order valence-electron chi connectivity index (χ0n) is 10.00. The van der Waals surface area contributed by atoms with Gasteiger partial charge < -0.3 is 16.2 Å². The molecule has 0 bridgehead atoms. The van der Waals surface area contributed by atoms with Crippen molar-refractivity contribution in [3.8, 4) is 0 Å². The maximum Gasteiger partial charge on any atom is 0.303 e. The third-order valence-electron chi connectivity index (χ3n) is 4.26. The molecule has 4 N–H and O–H groups in total. The van der Waals surface area contributed by atoms with E-state index in [4.69, 9.17) is 10.8 Å². The second-order valence-electron chi connectivity index (χ2n) is 5.62. The number of carboxylic acid groups (broad SMARTS) is 1. The number of carbonyl (C=O) groups is 2. The zero-order chi connectivity index (χ0) is 12.5. The topological polar surface area (TPSA) is 92.4 Å². The van der Waals surface area contributed by atoms with Gasteiger partial charge in [-0.1, -0.05) is 6.42 Å². The number of aliphatic carboxylic acids is 1. The fraction of sp³-hybridized carbons (Fsp3) is 0.833. The SMILES string of the molecule is NC1(C(=O)NCC2(CC(=O)O)CCC2)CCC1. The molecule has 2 fully saturated rings. The normalized spacial score (nSPS) is 24.3. The minimum atomic E-state index is -0.787. The molecule has 0 radical (unpaired) electrons. The van der Waals surface area contributed by atoms with Gasteiger partial charge in [0.2, 0.25) is 5.91 Å². The quantitative estimate of drug-likeness (QED) is 0.657. The monoisotopic (exact) mass is 240 g/mol. The number of hydrogen-bond acceptors (Lipinski definition) is 3. The van der Waals surface area contributed by atoms with Crippen molar-refractivity contribution in [2.24, 2.45) is 11.1 Å². The predicted octanol–water partition coefficient (Wildman–Crippen LogP) is 0.629. The van der Waals surface area contributed by atoms with Crippen LogP contribution in [0.1, 0.15) is 44.9 Å². The molecule has 1 amide bonds. The standard InChI is InChI=1S/C12H20N2O3/c13-12(5-2-6-12)10(17)14-8-11(3-1-4-11)7-9(15)16/h1-8,13H2,(H,14,17)(H,15,16). The number of rotatable bonds is 5. The first kappa shape index (κ1) is 12.4. The largest absolute Gasteiger partial charge is 0.481 e. The van der Waals surface area contributed by atoms with Crippen LogP contribution >= 0.6 is 0 Å². The molecule has 0 aromatic heterocycles. The van der Waals surface area contributed by atoms with Crippen molar-refractivity contribution in [1.29, 1.82) is 0 Å². The molecule has 2 aliphatic rings. The highest BCUT2D eigenvalue weighted by Crippen LogP contribution is 2.43. The Morgan fingerprint density at radius 2 is 1.76 bits per heavy atom. The van der Waals surface area contributed by atoms with Gasteiger partial charge in [0.25, 0.3) is 0 Å².